The van der Waals surface area contributed by atoms with Gasteiger partial charge in [0, 0.05) is 6.07 Å². The van der Waals surface area contributed by atoms with E-state index < -0.39 is 29.7 Å². The Balaban J connectivity index is 2.72. The maximum absolute atomic E-state index is 13.6. The van der Waals surface area contributed by atoms with Gasteiger partial charge in [-0.3, -0.25) is 0 Å². The SMILES string of the molecule is CCCC[C@H](NC(=O)Nc1cc(F)c(C)cc1F)C(=O)O. The molecule has 1 aromatic rings. The monoisotopic (exact) mass is 300 g/mol. The molecule has 0 unspecified atom stereocenters. The number of carboxylic acids is 1. The first-order valence-electron chi connectivity index (χ1n) is 6.61. The van der Waals surface area contributed by atoms with Crippen LogP contribution in [0.2, 0.25) is 0 Å². The molecule has 0 bridgehead atoms. The highest BCUT2D eigenvalue weighted by Crippen LogP contribution is 2.18. The summed E-state index contributed by atoms with van der Waals surface area (Å²) in [7, 11) is 0. The zero-order valence-electron chi connectivity index (χ0n) is 11.9. The number of nitrogens with one attached hydrogen (secondary N) is 2. The van der Waals surface area contributed by atoms with Gasteiger partial charge in [0.1, 0.15) is 17.7 Å². The number of aryl methyl sites for hydroxylation is 1. The van der Waals surface area contributed by atoms with Crippen LogP contribution in [0.25, 0.3) is 0 Å². The number of anilines is 1. The van der Waals surface area contributed by atoms with Crippen molar-refractivity contribution >= 4 is 17.7 Å². The number of carbonyl (C=O) groups excluding carboxylic acids is 1. The molecule has 2 amide bonds. The van der Waals surface area contributed by atoms with Gasteiger partial charge in [-0.15, -0.1) is 0 Å². The fraction of sp³-hybridized carbons (Fsp3) is 0.429. The second-order valence-corrected chi connectivity index (χ2v) is 4.71. The number of amides is 2. The second kappa shape index (κ2) is 7.56. The van der Waals surface area contributed by atoms with Crippen molar-refractivity contribution < 1.29 is 23.5 Å². The van der Waals surface area contributed by atoms with Crippen molar-refractivity contribution in [2.75, 3.05) is 5.32 Å². The Morgan fingerprint density at radius 1 is 1.29 bits per heavy atom. The molecule has 7 heteroatoms. The lowest BCUT2D eigenvalue weighted by atomic mass is 10.1. The summed E-state index contributed by atoms with van der Waals surface area (Å²) in [6, 6.07) is -0.146. The smallest absolute Gasteiger partial charge is 0.326 e. The van der Waals surface area contributed by atoms with Gasteiger partial charge < -0.3 is 15.7 Å². The molecular weight excluding hydrogens is 282 g/mol. The van der Waals surface area contributed by atoms with Crippen molar-refractivity contribution in [2.24, 2.45) is 0 Å². The van der Waals surface area contributed by atoms with Crippen LogP contribution in [0.5, 0.6) is 0 Å². The zero-order chi connectivity index (χ0) is 16.0. The first-order valence-corrected chi connectivity index (χ1v) is 6.61. The molecule has 1 aromatic carbocycles. The van der Waals surface area contributed by atoms with Crippen molar-refractivity contribution in [1.29, 1.82) is 0 Å². The molecule has 0 fully saturated rings. The number of halogens is 2. The van der Waals surface area contributed by atoms with Crippen LogP contribution >= 0.6 is 0 Å². The lowest BCUT2D eigenvalue weighted by Crippen LogP contribution is -2.43. The van der Waals surface area contributed by atoms with Crippen LogP contribution in [0.1, 0.15) is 31.7 Å². The van der Waals surface area contributed by atoms with E-state index in [1.165, 1.54) is 6.92 Å². The van der Waals surface area contributed by atoms with Crippen LogP contribution < -0.4 is 10.6 Å². The van der Waals surface area contributed by atoms with Crippen LogP contribution in [-0.2, 0) is 4.79 Å². The number of urea groups is 1. The van der Waals surface area contributed by atoms with E-state index in [1.807, 2.05) is 6.92 Å². The molecule has 3 N–H and O–H groups in total. The molecule has 21 heavy (non-hydrogen) atoms. The number of carbonyl (C=O) groups is 2. The van der Waals surface area contributed by atoms with E-state index in [-0.39, 0.29) is 17.7 Å². The summed E-state index contributed by atoms with van der Waals surface area (Å²) in [5.74, 6) is -2.62. The van der Waals surface area contributed by atoms with Gasteiger partial charge in [-0.05, 0) is 25.0 Å². The van der Waals surface area contributed by atoms with Crippen molar-refractivity contribution in [1.82, 2.24) is 5.32 Å². The molecule has 0 radical (unpaired) electrons. The predicted molar refractivity (Wildman–Crippen MR) is 74.2 cm³/mol. The molecular formula is C14H18F2N2O3. The summed E-state index contributed by atoms with van der Waals surface area (Å²) in [4.78, 5) is 22.6. The van der Waals surface area contributed by atoms with E-state index >= 15 is 0 Å². The van der Waals surface area contributed by atoms with Crippen LogP contribution in [-0.4, -0.2) is 23.1 Å². The van der Waals surface area contributed by atoms with E-state index in [2.05, 4.69) is 10.6 Å². The Morgan fingerprint density at radius 2 is 1.95 bits per heavy atom. The van der Waals surface area contributed by atoms with E-state index in [0.717, 1.165) is 18.6 Å². The number of rotatable bonds is 6. The molecule has 0 heterocycles. The first-order chi connectivity index (χ1) is 9.85. The largest absolute Gasteiger partial charge is 0.480 e. The Bertz CT molecular complexity index is 535. The molecule has 0 saturated heterocycles. The number of hydrogen-bond acceptors (Lipinski definition) is 2. The average molecular weight is 300 g/mol. The number of benzene rings is 1. The highest BCUT2D eigenvalue weighted by Gasteiger charge is 2.20. The number of hydrogen-bond donors (Lipinski definition) is 3. The van der Waals surface area contributed by atoms with E-state index in [0.29, 0.717) is 6.42 Å². The maximum Gasteiger partial charge on any atom is 0.326 e. The Morgan fingerprint density at radius 3 is 2.52 bits per heavy atom. The second-order valence-electron chi connectivity index (χ2n) is 4.71. The number of aliphatic carboxylic acids is 1. The summed E-state index contributed by atoms with van der Waals surface area (Å²) >= 11 is 0. The van der Waals surface area contributed by atoms with Gasteiger partial charge in [0.25, 0.3) is 0 Å². The summed E-state index contributed by atoms with van der Waals surface area (Å²) in [6.07, 6.45) is 1.68. The normalized spacial score (nSPS) is 11.8. The van der Waals surface area contributed by atoms with Crippen LogP contribution in [0.3, 0.4) is 0 Å². The summed E-state index contributed by atoms with van der Waals surface area (Å²) in [6.45, 7) is 3.29. The highest BCUT2D eigenvalue weighted by atomic mass is 19.1. The number of carboxylic acid groups (broad SMARTS) is 1. The van der Waals surface area contributed by atoms with Crippen LogP contribution in [0.15, 0.2) is 12.1 Å². The standard InChI is InChI=1S/C14H18F2N2O3/c1-3-4-5-11(13(19)20)17-14(21)18-12-7-9(15)8(2)6-10(12)16/h6-7,11H,3-5H2,1-2H3,(H,19,20)(H2,17,18,21)/t11-/m0/s1. The van der Waals surface area contributed by atoms with E-state index in [4.69, 9.17) is 5.11 Å². The Hall–Kier alpha value is -2.18. The zero-order valence-corrected chi connectivity index (χ0v) is 11.9. The third-order valence-corrected chi connectivity index (χ3v) is 2.95. The van der Waals surface area contributed by atoms with Crippen molar-refractivity contribution in [3.05, 3.63) is 29.3 Å². The van der Waals surface area contributed by atoms with Gasteiger partial charge in [-0.1, -0.05) is 19.8 Å². The van der Waals surface area contributed by atoms with Gasteiger partial charge in [0.15, 0.2) is 0 Å². The Kier molecular flexibility index (Phi) is 6.08. The van der Waals surface area contributed by atoms with Gasteiger partial charge in [-0.25, -0.2) is 18.4 Å². The molecule has 116 valence electrons. The molecule has 0 spiro atoms. The lowest BCUT2D eigenvalue weighted by molar-refractivity contribution is -0.139. The minimum absolute atomic E-state index is 0.116. The fourth-order valence-electron chi connectivity index (χ4n) is 1.72. The minimum atomic E-state index is -1.17. The van der Waals surface area contributed by atoms with Crippen LogP contribution in [0.4, 0.5) is 19.3 Å². The Labute approximate surface area is 121 Å². The molecule has 0 aliphatic carbocycles. The van der Waals surface area contributed by atoms with Crippen molar-refractivity contribution in [3.8, 4) is 0 Å². The summed E-state index contributed by atoms with van der Waals surface area (Å²) < 4.78 is 26.9. The quantitative estimate of drug-likeness (QED) is 0.755. The predicted octanol–water partition coefficient (Wildman–Crippen LogP) is 3.04. The molecule has 1 rings (SSSR count). The van der Waals surface area contributed by atoms with Gasteiger partial charge in [0.2, 0.25) is 0 Å². The molecule has 5 nitrogen and oxygen atoms in total. The van der Waals surface area contributed by atoms with Crippen LogP contribution in [0, 0.1) is 18.6 Å². The summed E-state index contributed by atoms with van der Waals surface area (Å²) in [5, 5.41) is 13.3. The number of unbranched alkanes of at least 4 members (excludes halogenated alkanes) is 1. The van der Waals surface area contributed by atoms with Crippen molar-refractivity contribution in [2.45, 2.75) is 39.2 Å². The third-order valence-electron chi connectivity index (χ3n) is 2.95. The summed E-state index contributed by atoms with van der Waals surface area (Å²) in [5.41, 5.74) is -0.222. The van der Waals surface area contributed by atoms with Gasteiger partial charge in [-0.2, -0.15) is 0 Å². The first kappa shape index (κ1) is 16.9. The molecule has 0 saturated carbocycles. The molecule has 1 atom stereocenters. The van der Waals surface area contributed by atoms with Gasteiger partial charge >= 0.3 is 12.0 Å². The topological polar surface area (TPSA) is 78.4 Å². The van der Waals surface area contributed by atoms with Gasteiger partial charge in [0.05, 0.1) is 5.69 Å². The van der Waals surface area contributed by atoms with E-state index in [9.17, 15) is 18.4 Å². The fourth-order valence-corrected chi connectivity index (χ4v) is 1.72. The molecule has 0 aliphatic rings. The average Bonchev–Trinajstić information content (AvgIpc) is 2.40. The highest BCUT2D eigenvalue weighted by molar-refractivity contribution is 5.92. The lowest BCUT2D eigenvalue weighted by Gasteiger charge is -2.15. The molecule has 0 aliphatic heterocycles. The minimum Gasteiger partial charge on any atom is -0.480 e. The third kappa shape index (κ3) is 5.02. The van der Waals surface area contributed by atoms with Crippen molar-refractivity contribution in [3.63, 3.8) is 0 Å². The molecule has 0 aromatic heterocycles. The van der Waals surface area contributed by atoms with E-state index in [1.54, 1.807) is 0 Å². The maximum atomic E-state index is 13.6.